The fourth-order valence-electron chi connectivity index (χ4n) is 3.01. The fourth-order valence-corrected chi connectivity index (χ4v) is 3.01. The smallest absolute Gasteiger partial charge is 0.332 e. The number of nitrogens with zero attached hydrogens (tertiary/aromatic N) is 1. The molecule has 2 aliphatic heterocycles. The Balaban J connectivity index is 1.60. The summed E-state index contributed by atoms with van der Waals surface area (Å²) in [5.74, 6) is -1.36. The quantitative estimate of drug-likeness (QED) is 0.754. The molecule has 3 aliphatic rings. The van der Waals surface area contributed by atoms with Crippen LogP contribution in [0.2, 0.25) is 0 Å². The standard InChI is InChI=1S/C14H20N2O5/c17-12(15-8-3-4-8)9-2-1-7-16(9)13(18)10-5-6-11(21-10)14(19)20/h8-11H,1-7H2,(H,15,17)(H,19,20). The van der Waals surface area contributed by atoms with Crippen LogP contribution in [0.25, 0.3) is 0 Å². The second-order valence-electron chi connectivity index (χ2n) is 6.00. The second kappa shape index (κ2) is 5.63. The van der Waals surface area contributed by atoms with Gasteiger partial charge in [-0.2, -0.15) is 0 Å². The van der Waals surface area contributed by atoms with Crippen molar-refractivity contribution in [2.75, 3.05) is 6.54 Å². The van der Waals surface area contributed by atoms with Gasteiger partial charge >= 0.3 is 5.97 Å². The highest BCUT2D eigenvalue weighted by atomic mass is 16.5. The molecule has 7 nitrogen and oxygen atoms in total. The minimum Gasteiger partial charge on any atom is -0.479 e. The van der Waals surface area contributed by atoms with Gasteiger partial charge in [-0.25, -0.2) is 4.79 Å². The van der Waals surface area contributed by atoms with Gasteiger partial charge in [-0.1, -0.05) is 0 Å². The Morgan fingerprint density at radius 3 is 2.38 bits per heavy atom. The first-order valence-corrected chi connectivity index (χ1v) is 7.55. The fraction of sp³-hybridized carbons (Fsp3) is 0.786. The molecule has 0 bridgehead atoms. The summed E-state index contributed by atoms with van der Waals surface area (Å²) in [6, 6.07) is -0.153. The number of rotatable bonds is 4. The molecule has 2 saturated heterocycles. The lowest BCUT2D eigenvalue weighted by Gasteiger charge is -2.26. The summed E-state index contributed by atoms with van der Waals surface area (Å²) in [5.41, 5.74) is 0. The zero-order valence-electron chi connectivity index (χ0n) is 11.8. The molecule has 0 spiro atoms. The van der Waals surface area contributed by atoms with Crippen LogP contribution in [-0.4, -0.2) is 58.6 Å². The van der Waals surface area contributed by atoms with Gasteiger partial charge in [0.25, 0.3) is 5.91 Å². The maximum atomic E-state index is 12.5. The van der Waals surface area contributed by atoms with Gasteiger partial charge in [0.15, 0.2) is 6.10 Å². The lowest BCUT2D eigenvalue weighted by atomic mass is 10.1. The van der Waals surface area contributed by atoms with Gasteiger partial charge in [0.05, 0.1) is 0 Å². The predicted octanol–water partition coefficient (Wildman–Crippen LogP) is -0.112. The SMILES string of the molecule is O=C(O)C1CCC(C(=O)N2CCCC2C(=O)NC2CC2)O1. The summed E-state index contributed by atoms with van der Waals surface area (Å²) in [6.45, 7) is 0.541. The summed E-state index contributed by atoms with van der Waals surface area (Å²) in [6.07, 6.45) is 2.61. The Morgan fingerprint density at radius 1 is 1.05 bits per heavy atom. The average molecular weight is 296 g/mol. The molecule has 7 heteroatoms. The molecule has 1 aliphatic carbocycles. The number of carbonyl (C=O) groups excluding carboxylic acids is 2. The third-order valence-electron chi connectivity index (χ3n) is 4.33. The number of carboxylic acids is 1. The van der Waals surface area contributed by atoms with E-state index in [2.05, 4.69) is 5.32 Å². The number of nitrogens with one attached hydrogen (secondary N) is 1. The van der Waals surface area contributed by atoms with E-state index in [-0.39, 0.29) is 17.9 Å². The summed E-state index contributed by atoms with van der Waals surface area (Å²) >= 11 is 0. The number of likely N-dealkylation sites (tertiary alicyclic amines) is 1. The normalized spacial score (nSPS) is 32.2. The molecule has 3 atom stereocenters. The zero-order valence-corrected chi connectivity index (χ0v) is 11.8. The number of amides is 2. The molecule has 2 N–H and O–H groups in total. The number of aliphatic carboxylic acids is 1. The molecule has 21 heavy (non-hydrogen) atoms. The molecule has 2 heterocycles. The first-order chi connectivity index (χ1) is 10.1. The van der Waals surface area contributed by atoms with Crippen LogP contribution in [0.5, 0.6) is 0 Å². The van der Waals surface area contributed by atoms with Crippen molar-refractivity contribution >= 4 is 17.8 Å². The van der Waals surface area contributed by atoms with Gasteiger partial charge in [0, 0.05) is 12.6 Å². The molecule has 116 valence electrons. The Morgan fingerprint density at radius 2 is 1.76 bits per heavy atom. The highest BCUT2D eigenvalue weighted by Gasteiger charge is 2.42. The molecular formula is C14H20N2O5. The van der Waals surface area contributed by atoms with E-state index in [0.717, 1.165) is 19.3 Å². The minimum atomic E-state index is -1.03. The van der Waals surface area contributed by atoms with Crippen molar-refractivity contribution in [3.05, 3.63) is 0 Å². The van der Waals surface area contributed by atoms with Gasteiger partial charge in [-0.05, 0) is 38.5 Å². The molecule has 2 amide bonds. The van der Waals surface area contributed by atoms with Gasteiger partial charge in [0.2, 0.25) is 5.91 Å². The molecule has 0 aromatic heterocycles. The summed E-state index contributed by atoms with van der Waals surface area (Å²) in [5, 5.41) is 11.8. The maximum Gasteiger partial charge on any atom is 0.332 e. The largest absolute Gasteiger partial charge is 0.479 e. The Labute approximate surface area is 122 Å². The lowest BCUT2D eigenvalue weighted by molar-refractivity contribution is -0.156. The van der Waals surface area contributed by atoms with E-state index in [0.29, 0.717) is 25.8 Å². The molecule has 3 fully saturated rings. The van der Waals surface area contributed by atoms with Crippen molar-refractivity contribution in [1.29, 1.82) is 0 Å². The van der Waals surface area contributed by atoms with Crippen molar-refractivity contribution in [3.8, 4) is 0 Å². The van der Waals surface area contributed by atoms with Crippen molar-refractivity contribution in [2.24, 2.45) is 0 Å². The third-order valence-corrected chi connectivity index (χ3v) is 4.33. The first-order valence-electron chi connectivity index (χ1n) is 7.55. The van der Waals surface area contributed by atoms with Crippen LogP contribution >= 0.6 is 0 Å². The number of hydrogen-bond donors (Lipinski definition) is 2. The second-order valence-corrected chi connectivity index (χ2v) is 6.00. The molecule has 1 saturated carbocycles. The zero-order chi connectivity index (χ0) is 15.0. The molecule has 0 aromatic carbocycles. The topological polar surface area (TPSA) is 95.9 Å². The van der Waals surface area contributed by atoms with Gasteiger partial charge < -0.3 is 20.1 Å². The van der Waals surface area contributed by atoms with Crippen molar-refractivity contribution in [3.63, 3.8) is 0 Å². The van der Waals surface area contributed by atoms with E-state index >= 15 is 0 Å². The average Bonchev–Trinajstić information content (AvgIpc) is 2.99. The van der Waals surface area contributed by atoms with Crippen LogP contribution in [0.3, 0.4) is 0 Å². The van der Waals surface area contributed by atoms with E-state index < -0.39 is 24.2 Å². The van der Waals surface area contributed by atoms with E-state index in [1.54, 1.807) is 4.90 Å². The van der Waals surface area contributed by atoms with Crippen LogP contribution in [-0.2, 0) is 19.1 Å². The van der Waals surface area contributed by atoms with Gasteiger partial charge in [0.1, 0.15) is 12.1 Å². The highest BCUT2D eigenvalue weighted by molar-refractivity contribution is 5.90. The minimum absolute atomic E-state index is 0.0869. The van der Waals surface area contributed by atoms with Crippen LogP contribution in [0.1, 0.15) is 38.5 Å². The Bertz CT molecular complexity index is 462. The highest BCUT2D eigenvalue weighted by Crippen LogP contribution is 2.27. The molecule has 0 radical (unpaired) electrons. The molecular weight excluding hydrogens is 276 g/mol. The Kier molecular flexibility index (Phi) is 3.84. The first kappa shape index (κ1) is 14.3. The van der Waals surface area contributed by atoms with Crippen molar-refractivity contribution < 1.29 is 24.2 Å². The van der Waals surface area contributed by atoms with Crippen LogP contribution in [0.4, 0.5) is 0 Å². The summed E-state index contributed by atoms with van der Waals surface area (Å²) in [7, 11) is 0. The van der Waals surface area contributed by atoms with Gasteiger partial charge in [-0.15, -0.1) is 0 Å². The number of carboxylic acid groups (broad SMARTS) is 1. The van der Waals surface area contributed by atoms with Gasteiger partial charge in [-0.3, -0.25) is 9.59 Å². The van der Waals surface area contributed by atoms with Crippen molar-refractivity contribution in [2.45, 2.75) is 62.8 Å². The summed E-state index contributed by atoms with van der Waals surface area (Å²) in [4.78, 5) is 37.1. The number of ether oxygens (including phenoxy) is 1. The predicted molar refractivity (Wildman–Crippen MR) is 71.4 cm³/mol. The van der Waals surface area contributed by atoms with E-state index in [1.807, 2.05) is 0 Å². The number of hydrogen-bond acceptors (Lipinski definition) is 4. The Hall–Kier alpha value is -1.63. The monoisotopic (exact) mass is 296 g/mol. The maximum absolute atomic E-state index is 12.5. The van der Waals surface area contributed by atoms with Crippen molar-refractivity contribution in [1.82, 2.24) is 10.2 Å². The van der Waals surface area contributed by atoms with Crippen LogP contribution in [0.15, 0.2) is 0 Å². The van der Waals surface area contributed by atoms with Crippen LogP contribution in [0, 0.1) is 0 Å². The third kappa shape index (κ3) is 3.02. The number of carbonyl (C=O) groups is 3. The molecule has 3 unspecified atom stereocenters. The summed E-state index contributed by atoms with van der Waals surface area (Å²) < 4.78 is 5.30. The molecule has 0 aromatic rings. The van der Waals surface area contributed by atoms with E-state index in [4.69, 9.17) is 9.84 Å². The molecule has 3 rings (SSSR count). The lowest BCUT2D eigenvalue weighted by Crippen LogP contribution is -2.49. The van der Waals surface area contributed by atoms with E-state index in [1.165, 1.54) is 0 Å². The van der Waals surface area contributed by atoms with E-state index in [9.17, 15) is 14.4 Å². The van der Waals surface area contributed by atoms with Crippen LogP contribution < -0.4 is 5.32 Å².